The van der Waals surface area contributed by atoms with Crippen LogP contribution < -0.4 is 10.6 Å². The molecule has 5 heteroatoms. The summed E-state index contributed by atoms with van der Waals surface area (Å²) in [6.45, 7) is 4.09. The lowest BCUT2D eigenvalue weighted by Crippen LogP contribution is -2.33. The van der Waals surface area contributed by atoms with Crippen molar-refractivity contribution in [3.63, 3.8) is 0 Å². The molecule has 0 spiro atoms. The van der Waals surface area contributed by atoms with Crippen LogP contribution in [0.1, 0.15) is 47.3 Å². The average molecular weight is 310 g/mol. The standard InChI is InChI=1S/C18H22N4O/c1-12-7-8-13(2)16(11-12)20-17-10-9-15(21-22-17)18(23)19-14-5-3-4-6-14/h7-11,14H,3-6H2,1-2H3,(H,19,23)(H,20,22). The van der Waals surface area contributed by atoms with Crippen molar-refractivity contribution in [3.05, 3.63) is 47.2 Å². The maximum atomic E-state index is 12.1. The smallest absolute Gasteiger partial charge is 0.272 e. The van der Waals surface area contributed by atoms with Crippen molar-refractivity contribution in [2.24, 2.45) is 0 Å². The lowest BCUT2D eigenvalue weighted by Gasteiger charge is -2.12. The number of anilines is 2. The van der Waals surface area contributed by atoms with Gasteiger partial charge in [-0.15, -0.1) is 10.2 Å². The molecule has 23 heavy (non-hydrogen) atoms. The Morgan fingerprint density at radius 3 is 2.57 bits per heavy atom. The van der Waals surface area contributed by atoms with Crippen molar-refractivity contribution < 1.29 is 4.79 Å². The van der Waals surface area contributed by atoms with Gasteiger partial charge in [-0.3, -0.25) is 4.79 Å². The van der Waals surface area contributed by atoms with Crippen LogP contribution in [-0.2, 0) is 0 Å². The number of hydrogen-bond acceptors (Lipinski definition) is 4. The summed E-state index contributed by atoms with van der Waals surface area (Å²) in [7, 11) is 0. The highest BCUT2D eigenvalue weighted by Crippen LogP contribution is 2.20. The van der Waals surface area contributed by atoms with E-state index in [1.165, 1.54) is 18.4 Å². The van der Waals surface area contributed by atoms with Crippen LogP contribution in [0.3, 0.4) is 0 Å². The highest BCUT2D eigenvalue weighted by atomic mass is 16.2. The molecule has 0 unspecified atom stereocenters. The van der Waals surface area contributed by atoms with Crippen molar-refractivity contribution in [1.29, 1.82) is 0 Å². The number of carbonyl (C=O) groups excluding carboxylic acids is 1. The normalized spacial score (nSPS) is 14.7. The van der Waals surface area contributed by atoms with E-state index in [1.807, 2.05) is 13.8 Å². The summed E-state index contributed by atoms with van der Waals surface area (Å²) >= 11 is 0. The Balaban J connectivity index is 1.66. The second-order valence-corrected chi connectivity index (χ2v) is 6.20. The lowest BCUT2D eigenvalue weighted by atomic mass is 10.1. The van der Waals surface area contributed by atoms with Crippen LogP contribution in [0.5, 0.6) is 0 Å². The molecule has 2 N–H and O–H groups in total. The Morgan fingerprint density at radius 2 is 1.87 bits per heavy atom. The van der Waals surface area contributed by atoms with Crippen LogP contribution in [-0.4, -0.2) is 22.1 Å². The Kier molecular flexibility index (Phi) is 4.55. The summed E-state index contributed by atoms with van der Waals surface area (Å²) in [5.41, 5.74) is 3.69. The first-order valence-corrected chi connectivity index (χ1v) is 8.11. The van der Waals surface area contributed by atoms with E-state index in [0.29, 0.717) is 11.5 Å². The van der Waals surface area contributed by atoms with Gasteiger partial charge >= 0.3 is 0 Å². The van der Waals surface area contributed by atoms with Crippen LogP contribution in [0.25, 0.3) is 0 Å². The third kappa shape index (κ3) is 3.86. The Bertz CT molecular complexity index is 691. The maximum absolute atomic E-state index is 12.1. The minimum absolute atomic E-state index is 0.136. The van der Waals surface area contributed by atoms with E-state index in [4.69, 9.17) is 0 Å². The molecule has 2 aromatic rings. The van der Waals surface area contributed by atoms with E-state index < -0.39 is 0 Å². The predicted molar refractivity (Wildman–Crippen MR) is 91.0 cm³/mol. The highest BCUT2D eigenvalue weighted by molar-refractivity contribution is 5.92. The molecule has 1 aromatic heterocycles. The quantitative estimate of drug-likeness (QED) is 0.907. The summed E-state index contributed by atoms with van der Waals surface area (Å²) in [5.74, 6) is 0.499. The second-order valence-electron chi connectivity index (χ2n) is 6.20. The van der Waals surface area contributed by atoms with Gasteiger partial charge in [-0.25, -0.2) is 0 Å². The van der Waals surface area contributed by atoms with Crippen LogP contribution in [0.4, 0.5) is 11.5 Å². The monoisotopic (exact) mass is 310 g/mol. The second kappa shape index (κ2) is 6.77. The summed E-state index contributed by atoms with van der Waals surface area (Å²) in [6.07, 6.45) is 4.50. The fraction of sp³-hybridized carbons (Fsp3) is 0.389. The highest BCUT2D eigenvalue weighted by Gasteiger charge is 2.18. The zero-order valence-corrected chi connectivity index (χ0v) is 13.6. The molecule has 0 saturated heterocycles. The van der Waals surface area contributed by atoms with Crippen LogP contribution in [0.2, 0.25) is 0 Å². The Hall–Kier alpha value is -2.43. The molecule has 1 aromatic carbocycles. The molecule has 1 aliphatic carbocycles. The van der Waals surface area contributed by atoms with Crippen molar-refractivity contribution in [2.45, 2.75) is 45.6 Å². The number of amides is 1. The third-order valence-corrected chi connectivity index (χ3v) is 4.24. The van der Waals surface area contributed by atoms with Crippen LogP contribution in [0, 0.1) is 13.8 Å². The molecule has 0 bridgehead atoms. The van der Waals surface area contributed by atoms with Crippen LogP contribution >= 0.6 is 0 Å². The number of nitrogens with one attached hydrogen (secondary N) is 2. The van der Waals surface area contributed by atoms with Gasteiger partial charge in [0, 0.05) is 11.7 Å². The predicted octanol–water partition coefficient (Wildman–Crippen LogP) is 3.51. The molecule has 0 aliphatic heterocycles. The van der Waals surface area contributed by atoms with Gasteiger partial charge in [-0.2, -0.15) is 0 Å². The van der Waals surface area contributed by atoms with Gasteiger partial charge < -0.3 is 10.6 Å². The minimum Gasteiger partial charge on any atom is -0.348 e. The molecule has 0 radical (unpaired) electrons. The molecule has 0 atom stereocenters. The lowest BCUT2D eigenvalue weighted by molar-refractivity contribution is 0.0932. The number of aryl methyl sites for hydroxylation is 2. The first kappa shape index (κ1) is 15.5. The summed E-state index contributed by atoms with van der Waals surface area (Å²) in [6, 6.07) is 10.00. The fourth-order valence-electron chi connectivity index (χ4n) is 2.86. The first-order valence-electron chi connectivity index (χ1n) is 8.11. The van der Waals surface area contributed by atoms with E-state index in [0.717, 1.165) is 24.1 Å². The van der Waals surface area contributed by atoms with E-state index >= 15 is 0 Å². The fourth-order valence-corrected chi connectivity index (χ4v) is 2.86. The van der Waals surface area contributed by atoms with Gasteiger partial charge in [0.15, 0.2) is 11.5 Å². The van der Waals surface area contributed by atoms with Gasteiger partial charge in [0.1, 0.15) is 0 Å². The zero-order valence-electron chi connectivity index (χ0n) is 13.6. The number of hydrogen-bond donors (Lipinski definition) is 2. The molecule has 1 fully saturated rings. The molecule has 3 rings (SSSR count). The van der Waals surface area contributed by atoms with Crippen LogP contribution in [0.15, 0.2) is 30.3 Å². The first-order chi connectivity index (χ1) is 11.1. The number of benzene rings is 1. The number of aromatic nitrogens is 2. The molecule has 1 amide bonds. The van der Waals surface area contributed by atoms with Crippen molar-refractivity contribution in [2.75, 3.05) is 5.32 Å². The van der Waals surface area contributed by atoms with Gasteiger partial charge in [-0.05, 0) is 56.0 Å². The Morgan fingerprint density at radius 1 is 1.09 bits per heavy atom. The largest absolute Gasteiger partial charge is 0.348 e. The van der Waals surface area contributed by atoms with E-state index in [-0.39, 0.29) is 11.9 Å². The summed E-state index contributed by atoms with van der Waals surface area (Å²) < 4.78 is 0. The number of rotatable bonds is 4. The molecular weight excluding hydrogens is 288 g/mol. The molecule has 120 valence electrons. The maximum Gasteiger partial charge on any atom is 0.272 e. The van der Waals surface area contributed by atoms with Gasteiger partial charge in [0.2, 0.25) is 0 Å². The third-order valence-electron chi connectivity index (χ3n) is 4.24. The van der Waals surface area contributed by atoms with Crippen molar-refractivity contribution >= 4 is 17.4 Å². The van der Waals surface area contributed by atoms with Gasteiger partial charge in [0.05, 0.1) is 0 Å². The number of nitrogens with zero attached hydrogens (tertiary/aromatic N) is 2. The molecule has 1 aliphatic rings. The van der Waals surface area contributed by atoms with Crippen molar-refractivity contribution in [3.8, 4) is 0 Å². The summed E-state index contributed by atoms with van der Waals surface area (Å²) in [4.78, 5) is 12.1. The molecular formula is C18H22N4O. The van der Waals surface area contributed by atoms with Crippen molar-refractivity contribution in [1.82, 2.24) is 15.5 Å². The minimum atomic E-state index is -0.136. The zero-order chi connectivity index (χ0) is 16.2. The molecule has 5 nitrogen and oxygen atoms in total. The average Bonchev–Trinajstić information content (AvgIpc) is 3.04. The van der Waals surface area contributed by atoms with E-state index in [2.05, 4.69) is 39.0 Å². The van der Waals surface area contributed by atoms with E-state index in [9.17, 15) is 4.79 Å². The number of carbonyl (C=O) groups is 1. The van der Waals surface area contributed by atoms with Gasteiger partial charge in [0.25, 0.3) is 5.91 Å². The SMILES string of the molecule is Cc1ccc(C)c(Nc2ccc(C(=O)NC3CCCC3)nn2)c1. The Labute approximate surface area is 136 Å². The van der Waals surface area contributed by atoms with Gasteiger partial charge in [-0.1, -0.05) is 25.0 Å². The topological polar surface area (TPSA) is 66.9 Å². The van der Waals surface area contributed by atoms with E-state index in [1.54, 1.807) is 12.1 Å². The molecule has 1 saturated carbocycles. The molecule has 1 heterocycles. The summed E-state index contributed by atoms with van der Waals surface area (Å²) in [5, 5.41) is 14.4.